The summed E-state index contributed by atoms with van der Waals surface area (Å²) >= 11 is 0. The zero-order chi connectivity index (χ0) is 16.2. The molecule has 0 radical (unpaired) electrons. The van der Waals surface area contributed by atoms with Gasteiger partial charge in [-0.15, -0.1) is 0 Å². The Kier molecular flexibility index (Phi) is 5.03. The van der Waals surface area contributed by atoms with Crippen molar-refractivity contribution >= 4 is 5.91 Å². The number of piperazine rings is 1. The molecule has 1 aromatic rings. The summed E-state index contributed by atoms with van der Waals surface area (Å²) in [5.41, 5.74) is 0.637. The third kappa shape index (κ3) is 3.95. The molecular formula is C17H24N2O4. The van der Waals surface area contributed by atoms with Crippen LogP contribution in [0.4, 0.5) is 0 Å². The molecule has 0 aliphatic carbocycles. The van der Waals surface area contributed by atoms with E-state index in [-0.39, 0.29) is 12.0 Å². The highest BCUT2D eigenvalue weighted by atomic mass is 16.5. The first-order valence-corrected chi connectivity index (χ1v) is 8.23. The zero-order valence-electron chi connectivity index (χ0n) is 13.5. The molecule has 0 bridgehead atoms. The molecule has 2 aliphatic rings. The largest absolute Gasteiger partial charge is 0.490 e. The fraction of sp³-hybridized carbons (Fsp3) is 0.588. The number of nitrogens with zero attached hydrogens (tertiary/aromatic N) is 2. The summed E-state index contributed by atoms with van der Waals surface area (Å²) in [7, 11) is 0. The minimum absolute atomic E-state index is 0.0253. The van der Waals surface area contributed by atoms with Crippen molar-refractivity contribution in [3.8, 4) is 11.5 Å². The number of hydrogen-bond donors (Lipinski definition) is 1. The first-order chi connectivity index (χ1) is 11.1. The molecule has 3 rings (SSSR count). The van der Waals surface area contributed by atoms with E-state index in [1.54, 1.807) is 19.1 Å². The number of aliphatic hydroxyl groups is 1. The van der Waals surface area contributed by atoms with Gasteiger partial charge in [0.2, 0.25) is 0 Å². The van der Waals surface area contributed by atoms with Gasteiger partial charge in [-0.1, -0.05) is 0 Å². The van der Waals surface area contributed by atoms with Gasteiger partial charge in [0.05, 0.1) is 19.3 Å². The molecular weight excluding hydrogens is 296 g/mol. The Bertz CT molecular complexity index is 554. The number of hydrogen-bond acceptors (Lipinski definition) is 5. The maximum atomic E-state index is 12.7. The number of amides is 1. The predicted molar refractivity (Wildman–Crippen MR) is 86.1 cm³/mol. The quantitative estimate of drug-likeness (QED) is 0.900. The Morgan fingerprint density at radius 2 is 1.87 bits per heavy atom. The topological polar surface area (TPSA) is 62.2 Å². The first-order valence-electron chi connectivity index (χ1n) is 8.23. The third-order valence-electron chi connectivity index (χ3n) is 4.18. The Morgan fingerprint density at radius 1 is 1.17 bits per heavy atom. The lowest BCUT2D eigenvalue weighted by Crippen LogP contribution is -2.50. The number of benzene rings is 1. The van der Waals surface area contributed by atoms with Gasteiger partial charge in [0.1, 0.15) is 0 Å². The summed E-state index contributed by atoms with van der Waals surface area (Å²) < 4.78 is 11.3. The van der Waals surface area contributed by atoms with Crippen molar-refractivity contribution in [1.82, 2.24) is 9.80 Å². The molecule has 23 heavy (non-hydrogen) atoms. The van der Waals surface area contributed by atoms with Crippen LogP contribution in [0.25, 0.3) is 0 Å². The van der Waals surface area contributed by atoms with Gasteiger partial charge in [0, 0.05) is 44.7 Å². The van der Waals surface area contributed by atoms with E-state index in [1.807, 2.05) is 11.0 Å². The minimum atomic E-state index is -0.334. The van der Waals surface area contributed by atoms with E-state index in [0.29, 0.717) is 49.9 Å². The lowest BCUT2D eigenvalue weighted by molar-refractivity contribution is 0.0554. The molecule has 1 unspecified atom stereocenters. The summed E-state index contributed by atoms with van der Waals surface area (Å²) in [6.07, 6.45) is 0.516. The Morgan fingerprint density at radius 3 is 2.57 bits per heavy atom. The Hall–Kier alpha value is -1.79. The van der Waals surface area contributed by atoms with Gasteiger partial charge in [-0.3, -0.25) is 9.69 Å². The highest BCUT2D eigenvalue weighted by Gasteiger charge is 2.23. The van der Waals surface area contributed by atoms with Gasteiger partial charge in [-0.25, -0.2) is 0 Å². The van der Waals surface area contributed by atoms with Crippen LogP contribution in [-0.4, -0.2) is 72.9 Å². The average Bonchev–Trinajstić information content (AvgIpc) is 2.79. The van der Waals surface area contributed by atoms with Crippen molar-refractivity contribution in [3.05, 3.63) is 23.8 Å². The van der Waals surface area contributed by atoms with Gasteiger partial charge < -0.3 is 19.5 Å². The van der Waals surface area contributed by atoms with Crippen LogP contribution < -0.4 is 9.47 Å². The molecule has 1 aromatic carbocycles. The second-order valence-corrected chi connectivity index (χ2v) is 6.15. The number of ether oxygens (including phenoxy) is 2. The first kappa shape index (κ1) is 16.1. The average molecular weight is 320 g/mol. The molecule has 1 amide bonds. The van der Waals surface area contributed by atoms with Gasteiger partial charge in [0.25, 0.3) is 5.91 Å². The van der Waals surface area contributed by atoms with Gasteiger partial charge in [-0.05, 0) is 25.1 Å². The van der Waals surface area contributed by atoms with Gasteiger partial charge in [-0.2, -0.15) is 0 Å². The zero-order valence-corrected chi connectivity index (χ0v) is 13.5. The SMILES string of the molecule is CC(O)CN1CCN(C(=O)c2ccc3c(c2)OCCCO3)CC1. The molecule has 0 saturated carbocycles. The Balaban J connectivity index is 1.64. The van der Waals surface area contributed by atoms with Crippen molar-refractivity contribution in [2.24, 2.45) is 0 Å². The van der Waals surface area contributed by atoms with Crippen LogP contribution in [0.3, 0.4) is 0 Å². The Labute approximate surface area is 136 Å². The van der Waals surface area contributed by atoms with E-state index in [2.05, 4.69) is 4.90 Å². The second kappa shape index (κ2) is 7.19. The summed E-state index contributed by atoms with van der Waals surface area (Å²) in [6.45, 7) is 6.65. The monoisotopic (exact) mass is 320 g/mol. The second-order valence-electron chi connectivity index (χ2n) is 6.15. The van der Waals surface area contributed by atoms with E-state index in [0.717, 1.165) is 19.5 Å². The summed E-state index contributed by atoms with van der Waals surface area (Å²) in [5.74, 6) is 1.39. The molecule has 0 spiro atoms. The normalized spacial score (nSPS) is 20.0. The molecule has 6 nitrogen and oxygen atoms in total. The van der Waals surface area contributed by atoms with Crippen molar-refractivity contribution in [1.29, 1.82) is 0 Å². The number of β-amino-alcohol motifs (C(OH)–C–C–N with tert-alkyl or cyclic N) is 1. The summed E-state index contributed by atoms with van der Waals surface area (Å²) in [5, 5.41) is 9.45. The predicted octanol–water partition coefficient (Wildman–Crippen LogP) is 0.986. The van der Waals surface area contributed by atoms with Crippen LogP contribution in [0.2, 0.25) is 0 Å². The van der Waals surface area contributed by atoms with Crippen LogP contribution in [-0.2, 0) is 0 Å². The van der Waals surface area contributed by atoms with Gasteiger partial charge >= 0.3 is 0 Å². The molecule has 2 aliphatic heterocycles. The van der Waals surface area contributed by atoms with Crippen molar-refractivity contribution in [2.75, 3.05) is 45.9 Å². The standard InChI is InChI=1S/C17H24N2O4/c1-13(20)12-18-5-7-19(8-6-18)17(21)14-3-4-15-16(11-14)23-10-2-9-22-15/h3-4,11,13,20H,2,5-10,12H2,1H3. The van der Waals surface area contributed by atoms with E-state index in [9.17, 15) is 9.90 Å². The van der Waals surface area contributed by atoms with Crippen molar-refractivity contribution < 1.29 is 19.4 Å². The molecule has 1 saturated heterocycles. The number of carbonyl (C=O) groups is 1. The highest BCUT2D eigenvalue weighted by Crippen LogP contribution is 2.30. The molecule has 6 heteroatoms. The van der Waals surface area contributed by atoms with Crippen LogP contribution in [0.15, 0.2) is 18.2 Å². The van der Waals surface area contributed by atoms with Crippen LogP contribution in [0.1, 0.15) is 23.7 Å². The molecule has 1 atom stereocenters. The van der Waals surface area contributed by atoms with E-state index < -0.39 is 0 Å². The number of fused-ring (bicyclic) bond motifs is 1. The van der Waals surface area contributed by atoms with E-state index >= 15 is 0 Å². The fourth-order valence-corrected chi connectivity index (χ4v) is 2.99. The lowest BCUT2D eigenvalue weighted by atomic mass is 10.1. The highest BCUT2D eigenvalue weighted by molar-refractivity contribution is 5.95. The molecule has 1 fully saturated rings. The maximum Gasteiger partial charge on any atom is 0.254 e. The molecule has 1 N–H and O–H groups in total. The van der Waals surface area contributed by atoms with Crippen LogP contribution in [0.5, 0.6) is 11.5 Å². The number of carbonyl (C=O) groups excluding carboxylic acids is 1. The van der Waals surface area contributed by atoms with Crippen molar-refractivity contribution in [2.45, 2.75) is 19.4 Å². The van der Waals surface area contributed by atoms with Crippen molar-refractivity contribution in [3.63, 3.8) is 0 Å². The number of aliphatic hydroxyl groups excluding tert-OH is 1. The molecule has 126 valence electrons. The van der Waals surface area contributed by atoms with Gasteiger partial charge in [0.15, 0.2) is 11.5 Å². The third-order valence-corrected chi connectivity index (χ3v) is 4.18. The lowest BCUT2D eigenvalue weighted by Gasteiger charge is -2.35. The van der Waals surface area contributed by atoms with E-state index in [4.69, 9.17) is 9.47 Å². The van der Waals surface area contributed by atoms with E-state index in [1.165, 1.54) is 0 Å². The summed E-state index contributed by atoms with van der Waals surface area (Å²) in [6, 6.07) is 5.40. The molecule has 2 heterocycles. The van der Waals surface area contributed by atoms with Crippen LogP contribution in [0, 0.1) is 0 Å². The molecule has 0 aromatic heterocycles. The maximum absolute atomic E-state index is 12.7. The minimum Gasteiger partial charge on any atom is -0.490 e. The van der Waals surface area contributed by atoms with Crippen LogP contribution >= 0.6 is 0 Å². The summed E-state index contributed by atoms with van der Waals surface area (Å²) in [4.78, 5) is 16.7. The fourth-order valence-electron chi connectivity index (χ4n) is 2.99. The number of rotatable bonds is 3. The smallest absolute Gasteiger partial charge is 0.254 e.